The summed E-state index contributed by atoms with van der Waals surface area (Å²) in [5, 5.41) is 19.3. The zero-order valence-corrected chi connectivity index (χ0v) is 17.0. The van der Waals surface area contributed by atoms with Crippen molar-refractivity contribution in [2.75, 3.05) is 26.3 Å². The molecule has 8 nitrogen and oxygen atoms in total. The third kappa shape index (κ3) is 6.97. The van der Waals surface area contributed by atoms with Crippen molar-refractivity contribution >= 4 is 0 Å². The van der Waals surface area contributed by atoms with Gasteiger partial charge in [0.2, 0.25) is 0 Å². The van der Waals surface area contributed by atoms with E-state index in [0.717, 1.165) is 11.1 Å². The molecule has 2 aromatic carbocycles. The van der Waals surface area contributed by atoms with Crippen molar-refractivity contribution in [3.63, 3.8) is 0 Å². The molecule has 8 heteroatoms. The number of hydrogen-bond donors (Lipinski definition) is 6. The molecule has 0 saturated carbocycles. The van der Waals surface area contributed by atoms with Crippen LogP contribution in [-0.4, -0.2) is 48.7 Å². The predicted molar refractivity (Wildman–Crippen MR) is 112 cm³/mol. The van der Waals surface area contributed by atoms with E-state index in [9.17, 15) is 10.2 Å². The van der Waals surface area contributed by atoms with Crippen LogP contribution in [0.3, 0.4) is 0 Å². The van der Waals surface area contributed by atoms with E-state index in [4.69, 9.17) is 21.2 Å². The number of benzene rings is 2. The largest absolute Gasteiger partial charge is 0.491 e. The number of hydrazine groups is 2. The van der Waals surface area contributed by atoms with Crippen molar-refractivity contribution in [1.29, 1.82) is 0 Å². The minimum Gasteiger partial charge on any atom is -0.491 e. The lowest BCUT2D eigenvalue weighted by Gasteiger charge is -2.26. The van der Waals surface area contributed by atoms with Crippen LogP contribution < -0.4 is 32.0 Å². The highest BCUT2D eigenvalue weighted by molar-refractivity contribution is 5.41. The summed E-state index contributed by atoms with van der Waals surface area (Å²) >= 11 is 0. The van der Waals surface area contributed by atoms with E-state index >= 15 is 0 Å². The molecule has 2 atom stereocenters. The molecule has 0 aromatic heterocycles. The van der Waals surface area contributed by atoms with Crippen molar-refractivity contribution in [3.05, 3.63) is 59.7 Å². The molecular weight excluding hydrogens is 372 g/mol. The minimum atomic E-state index is -0.662. The number of ether oxygens (including phenoxy) is 2. The van der Waals surface area contributed by atoms with Gasteiger partial charge >= 0.3 is 0 Å². The van der Waals surface area contributed by atoms with Gasteiger partial charge < -0.3 is 19.7 Å². The van der Waals surface area contributed by atoms with Crippen LogP contribution in [-0.2, 0) is 5.41 Å². The van der Waals surface area contributed by atoms with Crippen LogP contribution in [0.15, 0.2) is 48.5 Å². The summed E-state index contributed by atoms with van der Waals surface area (Å²) in [5.74, 6) is 11.7. The van der Waals surface area contributed by atoms with Gasteiger partial charge in [0.25, 0.3) is 0 Å². The van der Waals surface area contributed by atoms with E-state index < -0.39 is 12.2 Å². The molecular formula is C21H32N4O4. The molecule has 0 radical (unpaired) electrons. The number of hydrogen-bond acceptors (Lipinski definition) is 8. The van der Waals surface area contributed by atoms with Crippen LogP contribution in [0.25, 0.3) is 0 Å². The monoisotopic (exact) mass is 404 g/mol. The number of nitrogens with one attached hydrogen (secondary N) is 2. The molecule has 0 aliphatic carbocycles. The molecule has 2 aromatic rings. The molecule has 0 aliphatic rings. The smallest absolute Gasteiger partial charge is 0.119 e. The van der Waals surface area contributed by atoms with E-state index in [2.05, 4.69) is 24.7 Å². The van der Waals surface area contributed by atoms with Crippen LogP contribution in [0.1, 0.15) is 25.0 Å². The summed E-state index contributed by atoms with van der Waals surface area (Å²) in [6.07, 6.45) is -1.32. The molecule has 0 spiro atoms. The highest BCUT2D eigenvalue weighted by Gasteiger charge is 2.23. The minimum absolute atomic E-state index is 0.171. The Bertz CT molecular complexity index is 661. The molecule has 0 heterocycles. The Kier molecular flexibility index (Phi) is 8.84. The standard InChI is InChI=1S/C21H32N4O4/c1-21(2,15-3-7-19(8-4-15)28-13-17(26)11-24-22)16-5-9-20(10-6-16)29-14-18(27)12-25-23/h3-10,17-18,24-27H,11-14,22-23H2,1-2H3. The van der Waals surface area contributed by atoms with Gasteiger partial charge in [0.15, 0.2) is 0 Å². The van der Waals surface area contributed by atoms with E-state index in [0.29, 0.717) is 11.5 Å². The van der Waals surface area contributed by atoms with Gasteiger partial charge in [0.1, 0.15) is 36.9 Å². The molecule has 0 saturated heterocycles. The highest BCUT2D eigenvalue weighted by atomic mass is 16.5. The van der Waals surface area contributed by atoms with Gasteiger partial charge in [0.05, 0.1) is 0 Å². The fourth-order valence-electron chi connectivity index (χ4n) is 2.88. The summed E-state index contributed by atoms with van der Waals surface area (Å²) in [6, 6.07) is 15.6. The predicted octanol–water partition coefficient (Wildman–Crippen LogP) is 0.419. The lowest BCUT2D eigenvalue weighted by Crippen LogP contribution is -2.35. The molecule has 0 amide bonds. The summed E-state index contributed by atoms with van der Waals surface area (Å²) in [5.41, 5.74) is 6.87. The maximum Gasteiger partial charge on any atom is 0.119 e. The molecule has 0 bridgehead atoms. The number of nitrogens with two attached hydrogens (primary N) is 2. The van der Waals surface area contributed by atoms with Crippen LogP contribution in [0.2, 0.25) is 0 Å². The van der Waals surface area contributed by atoms with Crippen LogP contribution >= 0.6 is 0 Å². The topological polar surface area (TPSA) is 135 Å². The maximum atomic E-state index is 9.66. The van der Waals surface area contributed by atoms with Crippen LogP contribution in [0.4, 0.5) is 0 Å². The van der Waals surface area contributed by atoms with E-state index in [1.54, 1.807) is 0 Å². The van der Waals surface area contributed by atoms with E-state index in [-0.39, 0.29) is 31.7 Å². The first kappa shape index (κ1) is 23.1. The summed E-state index contributed by atoms with van der Waals surface area (Å²) in [6.45, 7) is 5.18. The lowest BCUT2D eigenvalue weighted by atomic mass is 9.78. The van der Waals surface area contributed by atoms with Gasteiger partial charge in [-0.1, -0.05) is 38.1 Å². The SMILES string of the molecule is CC(C)(c1ccc(OCC(O)CNN)cc1)c1ccc(OCC(O)CNN)cc1. The quantitative estimate of drug-likeness (QED) is 0.221. The number of aliphatic hydroxyl groups is 2. The zero-order chi connectivity index (χ0) is 21.3. The third-order valence-corrected chi connectivity index (χ3v) is 4.74. The average Bonchev–Trinajstić information content (AvgIpc) is 2.72. The maximum absolute atomic E-state index is 9.66. The first-order valence-electron chi connectivity index (χ1n) is 9.56. The summed E-state index contributed by atoms with van der Waals surface area (Å²) < 4.78 is 11.2. The third-order valence-electron chi connectivity index (χ3n) is 4.74. The molecule has 2 unspecified atom stereocenters. The average molecular weight is 405 g/mol. The molecule has 2 rings (SSSR count). The Morgan fingerprint density at radius 2 is 1.10 bits per heavy atom. The molecule has 29 heavy (non-hydrogen) atoms. The second kappa shape index (κ2) is 11.1. The zero-order valence-electron chi connectivity index (χ0n) is 17.0. The summed E-state index contributed by atoms with van der Waals surface area (Å²) in [7, 11) is 0. The first-order valence-corrected chi connectivity index (χ1v) is 9.56. The lowest BCUT2D eigenvalue weighted by molar-refractivity contribution is 0.106. The van der Waals surface area contributed by atoms with Gasteiger partial charge in [-0.2, -0.15) is 0 Å². The van der Waals surface area contributed by atoms with Crippen molar-refractivity contribution in [1.82, 2.24) is 10.9 Å². The number of rotatable bonds is 12. The molecule has 0 aliphatic heterocycles. The molecule has 160 valence electrons. The van der Waals surface area contributed by atoms with Gasteiger partial charge in [-0.3, -0.25) is 22.5 Å². The van der Waals surface area contributed by atoms with Gasteiger partial charge in [-0.05, 0) is 35.4 Å². The first-order chi connectivity index (χ1) is 13.9. The van der Waals surface area contributed by atoms with Gasteiger partial charge in [0, 0.05) is 18.5 Å². The van der Waals surface area contributed by atoms with Crippen molar-refractivity contribution in [2.45, 2.75) is 31.5 Å². The Morgan fingerprint density at radius 1 is 0.759 bits per heavy atom. The molecule has 0 fully saturated rings. The number of aliphatic hydroxyl groups excluding tert-OH is 2. The van der Waals surface area contributed by atoms with Crippen molar-refractivity contribution < 1.29 is 19.7 Å². The Labute approximate surface area is 171 Å². The Morgan fingerprint density at radius 3 is 1.41 bits per heavy atom. The van der Waals surface area contributed by atoms with Crippen LogP contribution in [0.5, 0.6) is 11.5 Å². The van der Waals surface area contributed by atoms with Crippen molar-refractivity contribution in [3.8, 4) is 11.5 Å². The molecule has 8 N–H and O–H groups in total. The van der Waals surface area contributed by atoms with Crippen LogP contribution in [0, 0.1) is 0 Å². The van der Waals surface area contributed by atoms with E-state index in [1.165, 1.54) is 0 Å². The fourth-order valence-corrected chi connectivity index (χ4v) is 2.88. The highest BCUT2D eigenvalue weighted by Crippen LogP contribution is 2.33. The van der Waals surface area contributed by atoms with Gasteiger partial charge in [-0.25, -0.2) is 0 Å². The normalized spacial score (nSPS) is 13.7. The Hall–Kier alpha value is -2.20. The fraction of sp³-hybridized carbons (Fsp3) is 0.429. The second-order valence-corrected chi connectivity index (χ2v) is 7.42. The van der Waals surface area contributed by atoms with Gasteiger partial charge in [-0.15, -0.1) is 0 Å². The summed E-state index contributed by atoms with van der Waals surface area (Å²) in [4.78, 5) is 0. The Balaban J connectivity index is 1.98. The second-order valence-electron chi connectivity index (χ2n) is 7.42. The van der Waals surface area contributed by atoms with Crippen molar-refractivity contribution in [2.24, 2.45) is 11.7 Å². The van der Waals surface area contributed by atoms with E-state index in [1.807, 2.05) is 48.5 Å².